The molecule has 1 aromatic rings. The van der Waals surface area contributed by atoms with E-state index >= 15 is 0 Å². The lowest BCUT2D eigenvalue weighted by Crippen LogP contribution is -2.75. The highest BCUT2D eigenvalue weighted by molar-refractivity contribution is 14.1. The molecule has 1 aromatic carbocycles. The number of aryl methyl sites for hydroxylation is 1. The number of rotatable bonds is 10. The van der Waals surface area contributed by atoms with E-state index in [-0.39, 0.29) is 18.9 Å². The number of hydrogen-bond donors (Lipinski definition) is 1. The summed E-state index contributed by atoms with van der Waals surface area (Å²) in [5, 5.41) is 1.56. The van der Waals surface area contributed by atoms with Crippen LogP contribution < -0.4 is 5.32 Å². The molecule has 1 saturated heterocycles. The fraction of sp³-hybridized carbons (Fsp3) is 0.450. The monoisotopic (exact) mass is 566 g/mol. The summed E-state index contributed by atoms with van der Waals surface area (Å²) in [5.74, 6) is -1.60. The Balaban J connectivity index is 2.15. The second kappa shape index (κ2) is 11.2. The minimum Gasteiger partial charge on any atom is -0.463 e. The zero-order valence-corrected chi connectivity index (χ0v) is 20.5. The summed E-state index contributed by atoms with van der Waals surface area (Å²) in [6.07, 6.45) is 0.852. The lowest BCUT2D eigenvalue weighted by molar-refractivity contribution is -0.162. The SMILES string of the molecule is C=C(C)C(C(=O)OCCI)N1C(=O)C(NC(=O)Cc2ccccc2CC)C1S(=O)Cl. The molecule has 0 aromatic heterocycles. The average Bonchev–Trinajstić information content (AvgIpc) is 2.70. The molecule has 0 bridgehead atoms. The second-order valence-electron chi connectivity index (χ2n) is 6.83. The van der Waals surface area contributed by atoms with Gasteiger partial charge in [-0.15, -0.1) is 0 Å². The van der Waals surface area contributed by atoms with Gasteiger partial charge in [0.15, 0.2) is 11.4 Å². The molecule has 0 spiro atoms. The lowest BCUT2D eigenvalue weighted by Gasteiger charge is -2.48. The van der Waals surface area contributed by atoms with E-state index in [1.54, 1.807) is 6.92 Å². The maximum Gasteiger partial charge on any atom is 0.333 e. The highest BCUT2D eigenvalue weighted by atomic mass is 127. The zero-order chi connectivity index (χ0) is 22.4. The van der Waals surface area contributed by atoms with Crippen molar-refractivity contribution in [2.75, 3.05) is 11.0 Å². The Kier molecular flexibility index (Phi) is 9.30. The first-order chi connectivity index (χ1) is 14.2. The first-order valence-corrected chi connectivity index (χ1v) is 12.9. The third-order valence-corrected chi connectivity index (χ3v) is 6.59. The van der Waals surface area contributed by atoms with Crippen LogP contribution in [-0.4, -0.2) is 55.4 Å². The number of hydrogen-bond acceptors (Lipinski definition) is 5. The van der Waals surface area contributed by atoms with Gasteiger partial charge in [0.25, 0.3) is 0 Å². The van der Waals surface area contributed by atoms with E-state index in [1.165, 1.54) is 0 Å². The molecule has 1 aliphatic rings. The summed E-state index contributed by atoms with van der Waals surface area (Å²) in [7, 11) is 3.81. The van der Waals surface area contributed by atoms with Gasteiger partial charge in [-0.1, -0.05) is 60.4 Å². The summed E-state index contributed by atoms with van der Waals surface area (Å²) >= 11 is 2.05. The van der Waals surface area contributed by atoms with Crippen LogP contribution in [0.2, 0.25) is 0 Å². The van der Waals surface area contributed by atoms with Gasteiger partial charge in [-0.25, -0.2) is 9.00 Å². The number of likely N-dealkylation sites (tertiary alicyclic amines) is 1. The van der Waals surface area contributed by atoms with Crippen LogP contribution in [0.4, 0.5) is 0 Å². The van der Waals surface area contributed by atoms with Gasteiger partial charge < -0.3 is 15.0 Å². The van der Waals surface area contributed by atoms with Crippen LogP contribution >= 0.6 is 33.3 Å². The highest BCUT2D eigenvalue weighted by Crippen LogP contribution is 2.31. The predicted molar refractivity (Wildman–Crippen MR) is 125 cm³/mol. The summed E-state index contributed by atoms with van der Waals surface area (Å²) in [4.78, 5) is 38.8. The number of nitrogens with zero attached hydrogens (tertiary/aromatic N) is 1. The Hall–Kier alpha value is -1.46. The molecular formula is C20H24ClIN2O5S. The lowest BCUT2D eigenvalue weighted by atomic mass is 9.98. The molecule has 0 saturated carbocycles. The molecule has 1 N–H and O–H groups in total. The van der Waals surface area contributed by atoms with Crippen LogP contribution in [0.15, 0.2) is 36.4 Å². The van der Waals surface area contributed by atoms with Crippen LogP contribution in [0.5, 0.6) is 0 Å². The van der Waals surface area contributed by atoms with E-state index in [0.29, 0.717) is 10.0 Å². The molecular weight excluding hydrogens is 543 g/mol. The van der Waals surface area contributed by atoms with Crippen molar-refractivity contribution >= 4 is 61.1 Å². The van der Waals surface area contributed by atoms with Crippen molar-refractivity contribution in [2.45, 2.75) is 44.1 Å². The largest absolute Gasteiger partial charge is 0.463 e. The number of ether oxygens (including phenoxy) is 1. The number of β-lactam (4-membered cyclic amide) rings is 1. The number of benzene rings is 1. The first kappa shape index (κ1) is 24.8. The van der Waals surface area contributed by atoms with Crippen LogP contribution in [0, 0.1) is 0 Å². The molecule has 2 amide bonds. The van der Waals surface area contributed by atoms with Gasteiger partial charge in [0, 0.05) is 4.43 Å². The molecule has 4 unspecified atom stereocenters. The van der Waals surface area contributed by atoms with E-state index in [1.807, 2.05) is 31.2 Å². The third-order valence-electron chi connectivity index (χ3n) is 4.73. The summed E-state index contributed by atoms with van der Waals surface area (Å²) in [5.41, 5.74) is 2.24. The molecule has 10 heteroatoms. The van der Waals surface area contributed by atoms with Crippen molar-refractivity contribution in [3.05, 3.63) is 47.5 Å². The van der Waals surface area contributed by atoms with Gasteiger partial charge in [-0.2, -0.15) is 0 Å². The van der Waals surface area contributed by atoms with Crippen molar-refractivity contribution in [1.29, 1.82) is 0 Å². The van der Waals surface area contributed by atoms with Crippen LogP contribution in [0.3, 0.4) is 0 Å². The third kappa shape index (κ3) is 5.61. The summed E-state index contributed by atoms with van der Waals surface area (Å²) in [6.45, 7) is 7.49. The van der Waals surface area contributed by atoms with Crippen molar-refractivity contribution in [2.24, 2.45) is 0 Å². The van der Waals surface area contributed by atoms with E-state index in [4.69, 9.17) is 15.4 Å². The van der Waals surface area contributed by atoms with Crippen molar-refractivity contribution in [3.63, 3.8) is 0 Å². The summed E-state index contributed by atoms with van der Waals surface area (Å²) < 4.78 is 17.9. The second-order valence-corrected chi connectivity index (χ2v) is 9.80. The van der Waals surface area contributed by atoms with Gasteiger partial charge in [0.2, 0.25) is 11.8 Å². The van der Waals surface area contributed by atoms with Crippen LogP contribution in [0.25, 0.3) is 0 Å². The standard InChI is InChI=1S/C20H24ClIN2O5S/c1-4-13-7-5-6-8-14(13)11-15(25)23-16-18(26)24(19(16)30(21)28)17(12(2)3)20(27)29-10-9-22/h5-8,16-17,19H,2,4,9-11H2,1,3H3,(H,23,25). The Labute approximate surface area is 196 Å². The van der Waals surface area contributed by atoms with Gasteiger partial charge in [-0.05, 0) is 40.7 Å². The summed E-state index contributed by atoms with van der Waals surface area (Å²) in [6, 6.07) is 5.34. The Bertz CT molecular complexity index is 865. The normalized spacial score (nSPS) is 20.1. The predicted octanol–water partition coefficient (Wildman–Crippen LogP) is 2.27. The van der Waals surface area contributed by atoms with Crippen molar-refractivity contribution in [1.82, 2.24) is 10.2 Å². The number of carbonyl (C=O) groups is 3. The molecule has 1 heterocycles. The molecule has 0 radical (unpaired) electrons. The maximum atomic E-state index is 12.8. The number of nitrogens with one attached hydrogen (secondary N) is 1. The topological polar surface area (TPSA) is 92.8 Å². The Morgan fingerprint density at radius 1 is 1.37 bits per heavy atom. The zero-order valence-electron chi connectivity index (χ0n) is 16.7. The highest BCUT2D eigenvalue weighted by Gasteiger charge is 2.56. The quantitative estimate of drug-likeness (QED) is 0.117. The van der Waals surface area contributed by atoms with Gasteiger partial charge >= 0.3 is 5.97 Å². The smallest absolute Gasteiger partial charge is 0.333 e. The number of amides is 2. The van der Waals surface area contributed by atoms with E-state index < -0.39 is 39.3 Å². The number of esters is 1. The number of carbonyl (C=O) groups excluding carboxylic acids is 3. The van der Waals surface area contributed by atoms with E-state index in [0.717, 1.165) is 22.4 Å². The van der Waals surface area contributed by atoms with E-state index in [2.05, 4.69) is 34.5 Å². The molecule has 0 aliphatic carbocycles. The molecule has 30 heavy (non-hydrogen) atoms. The van der Waals surface area contributed by atoms with Crippen LogP contribution in [-0.2, 0) is 42.0 Å². The van der Waals surface area contributed by atoms with Crippen molar-refractivity contribution in [3.8, 4) is 0 Å². The van der Waals surface area contributed by atoms with Crippen molar-refractivity contribution < 1.29 is 23.3 Å². The fourth-order valence-corrected chi connectivity index (χ4v) is 4.92. The van der Waals surface area contributed by atoms with Gasteiger partial charge in [0.05, 0.1) is 6.42 Å². The van der Waals surface area contributed by atoms with Gasteiger partial charge in [0.1, 0.15) is 22.7 Å². The first-order valence-electron chi connectivity index (χ1n) is 9.36. The van der Waals surface area contributed by atoms with E-state index in [9.17, 15) is 18.6 Å². The minimum atomic E-state index is -2.02. The molecule has 2 rings (SSSR count). The molecule has 7 nitrogen and oxygen atoms in total. The maximum absolute atomic E-state index is 12.8. The molecule has 1 fully saturated rings. The number of halogens is 2. The average molecular weight is 567 g/mol. The Morgan fingerprint density at radius 3 is 2.53 bits per heavy atom. The molecule has 4 atom stereocenters. The van der Waals surface area contributed by atoms with Gasteiger partial charge in [-0.3, -0.25) is 9.59 Å². The van der Waals surface area contributed by atoms with Crippen LogP contribution in [0.1, 0.15) is 25.0 Å². The molecule has 164 valence electrons. The Morgan fingerprint density at radius 2 is 2.00 bits per heavy atom. The number of alkyl halides is 1. The fourth-order valence-electron chi connectivity index (χ4n) is 3.33. The molecule has 1 aliphatic heterocycles. The minimum absolute atomic E-state index is 0.0804.